The van der Waals surface area contributed by atoms with E-state index < -0.39 is 10.8 Å². The minimum Gasteiger partial charge on any atom is -0.325 e. The minimum absolute atomic E-state index is 0.151. The fraction of sp³-hybridized carbons (Fsp3) is 0.938. The van der Waals surface area contributed by atoms with Crippen molar-refractivity contribution in [3.05, 3.63) is 0 Å². The summed E-state index contributed by atoms with van der Waals surface area (Å²) < 4.78 is 11.5. The fourth-order valence-corrected chi connectivity index (χ4v) is 4.03. The average molecular weight is 314 g/mol. The molecule has 1 spiro atoms. The van der Waals surface area contributed by atoms with Crippen LogP contribution in [0, 0.1) is 5.92 Å². The second kappa shape index (κ2) is 6.78. The highest BCUT2D eigenvalue weighted by atomic mass is 32.2. The molecule has 3 unspecified atom stereocenters. The Hall–Kier alpha value is -0.420. The third kappa shape index (κ3) is 3.67. The summed E-state index contributed by atoms with van der Waals surface area (Å²) in [5.41, 5.74) is -0.284. The second-order valence-corrected chi connectivity index (χ2v) is 8.98. The summed E-state index contributed by atoms with van der Waals surface area (Å²) in [6, 6.07) is 0. The number of carbonyl (C=O) groups is 1. The summed E-state index contributed by atoms with van der Waals surface area (Å²) in [5, 5.41) is 3.80. The van der Waals surface area contributed by atoms with Crippen molar-refractivity contribution in [1.29, 1.82) is 0 Å². The molecule has 5 heteroatoms. The zero-order valence-electron chi connectivity index (χ0n) is 13.9. The quantitative estimate of drug-likeness (QED) is 0.818. The van der Waals surface area contributed by atoms with Gasteiger partial charge >= 0.3 is 0 Å². The lowest BCUT2D eigenvalue weighted by Crippen LogP contribution is -2.44. The first-order valence-corrected chi connectivity index (χ1v) is 9.89. The molecule has 1 saturated carbocycles. The maximum Gasteiger partial charge on any atom is 0.244 e. The van der Waals surface area contributed by atoms with E-state index in [1.165, 1.54) is 0 Å². The Kier molecular flexibility index (Phi) is 5.47. The Labute approximate surface area is 131 Å². The Bertz CT molecular complexity index is 405. The van der Waals surface area contributed by atoms with Gasteiger partial charge in [-0.1, -0.05) is 33.6 Å². The van der Waals surface area contributed by atoms with Crippen molar-refractivity contribution >= 4 is 16.7 Å². The van der Waals surface area contributed by atoms with Gasteiger partial charge in [-0.15, -0.1) is 0 Å². The van der Waals surface area contributed by atoms with Gasteiger partial charge in [0.1, 0.15) is 0 Å². The van der Waals surface area contributed by atoms with Crippen LogP contribution in [0.4, 0.5) is 0 Å². The summed E-state index contributed by atoms with van der Waals surface area (Å²) in [7, 11) is -0.812. The van der Waals surface area contributed by atoms with Crippen LogP contribution < -0.4 is 5.32 Å². The molecule has 0 aromatic heterocycles. The SMILES string of the molecule is CC(C)CC1NC2(CCCC2)C(=O)N1CCC(C)S(C)=O. The van der Waals surface area contributed by atoms with E-state index in [4.69, 9.17) is 0 Å². The van der Waals surface area contributed by atoms with E-state index >= 15 is 0 Å². The number of hydrogen-bond donors (Lipinski definition) is 1. The Morgan fingerprint density at radius 1 is 1.33 bits per heavy atom. The van der Waals surface area contributed by atoms with Crippen molar-refractivity contribution in [2.24, 2.45) is 5.92 Å². The molecule has 2 aliphatic rings. The van der Waals surface area contributed by atoms with Gasteiger partial charge < -0.3 is 4.90 Å². The van der Waals surface area contributed by atoms with Crippen LogP contribution in [-0.4, -0.2) is 44.8 Å². The number of hydrogen-bond acceptors (Lipinski definition) is 3. The average Bonchev–Trinajstić information content (AvgIpc) is 2.95. The highest BCUT2D eigenvalue weighted by Crippen LogP contribution is 2.37. The van der Waals surface area contributed by atoms with E-state index in [1.807, 2.05) is 11.8 Å². The summed E-state index contributed by atoms with van der Waals surface area (Å²) >= 11 is 0. The van der Waals surface area contributed by atoms with E-state index in [1.54, 1.807) is 6.26 Å². The van der Waals surface area contributed by atoms with Gasteiger partial charge in [0.05, 0.1) is 11.7 Å². The van der Waals surface area contributed by atoms with Crippen LogP contribution in [0.25, 0.3) is 0 Å². The molecule has 0 radical (unpaired) electrons. The van der Waals surface area contributed by atoms with Crippen molar-refractivity contribution in [1.82, 2.24) is 10.2 Å². The van der Waals surface area contributed by atoms with Gasteiger partial charge in [0.25, 0.3) is 0 Å². The van der Waals surface area contributed by atoms with Crippen molar-refractivity contribution in [3.63, 3.8) is 0 Å². The van der Waals surface area contributed by atoms with Crippen LogP contribution in [-0.2, 0) is 15.6 Å². The van der Waals surface area contributed by atoms with Crippen LogP contribution in [0.2, 0.25) is 0 Å². The topological polar surface area (TPSA) is 49.4 Å². The maximum absolute atomic E-state index is 12.9. The molecule has 1 aliphatic heterocycles. The smallest absolute Gasteiger partial charge is 0.244 e. The molecule has 2 fully saturated rings. The third-order valence-corrected chi connectivity index (χ3v) is 6.35. The zero-order chi connectivity index (χ0) is 15.6. The normalized spacial score (nSPS) is 27.8. The first kappa shape index (κ1) is 16.9. The van der Waals surface area contributed by atoms with Crippen LogP contribution in [0.3, 0.4) is 0 Å². The predicted octanol–water partition coefficient (Wildman–Crippen LogP) is 2.26. The summed E-state index contributed by atoms with van der Waals surface area (Å²) in [6.07, 6.45) is 7.98. The first-order chi connectivity index (χ1) is 9.85. The molecular formula is C16H30N2O2S. The number of nitrogens with zero attached hydrogens (tertiary/aromatic N) is 1. The molecule has 122 valence electrons. The first-order valence-electron chi connectivity index (χ1n) is 8.27. The molecule has 0 aromatic carbocycles. The molecule has 1 N–H and O–H groups in total. The van der Waals surface area contributed by atoms with Gasteiger partial charge in [-0.05, 0) is 31.6 Å². The van der Waals surface area contributed by atoms with E-state index in [9.17, 15) is 9.00 Å². The lowest BCUT2D eigenvalue weighted by Gasteiger charge is -2.26. The monoisotopic (exact) mass is 314 g/mol. The van der Waals surface area contributed by atoms with E-state index in [0.717, 1.165) is 45.1 Å². The largest absolute Gasteiger partial charge is 0.325 e. The van der Waals surface area contributed by atoms with Gasteiger partial charge in [-0.2, -0.15) is 0 Å². The second-order valence-electron chi connectivity index (χ2n) is 7.18. The van der Waals surface area contributed by atoms with E-state index in [2.05, 4.69) is 19.2 Å². The lowest BCUT2D eigenvalue weighted by molar-refractivity contribution is -0.133. The van der Waals surface area contributed by atoms with Gasteiger partial charge in [0, 0.05) is 28.9 Å². The Morgan fingerprint density at radius 3 is 2.48 bits per heavy atom. The Morgan fingerprint density at radius 2 is 1.95 bits per heavy atom. The van der Waals surface area contributed by atoms with Gasteiger partial charge in [-0.3, -0.25) is 14.3 Å². The molecule has 4 nitrogen and oxygen atoms in total. The van der Waals surface area contributed by atoms with E-state index in [-0.39, 0.29) is 17.0 Å². The van der Waals surface area contributed by atoms with E-state index in [0.29, 0.717) is 11.8 Å². The Balaban J connectivity index is 2.06. The fourth-order valence-electron chi connectivity index (χ4n) is 3.59. The standard InChI is InChI=1S/C16H30N2O2S/c1-12(2)11-14-17-16(8-5-6-9-16)15(19)18(14)10-7-13(3)21(4)20/h12-14,17H,5-11H2,1-4H3. The number of amides is 1. The minimum atomic E-state index is -0.812. The van der Waals surface area contributed by atoms with Crippen molar-refractivity contribution in [3.8, 4) is 0 Å². The molecule has 0 bridgehead atoms. The predicted molar refractivity (Wildman–Crippen MR) is 87.4 cm³/mol. The summed E-state index contributed by atoms with van der Waals surface area (Å²) in [4.78, 5) is 14.9. The molecule has 1 aliphatic carbocycles. The lowest BCUT2D eigenvalue weighted by atomic mass is 9.98. The zero-order valence-corrected chi connectivity index (χ0v) is 14.7. The number of carbonyl (C=O) groups excluding carboxylic acids is 1. The van der Waals surface area contributed by atoms with Crippen LogP contribution in [0.1, 0.15) is 59.3 Å². The molecule has 3 atom stereocenters. The summed E-state index contributed by atoms with van der Waals surface area (Å²) in [5.74, 6) is 0.854. The highest BCUT2D eigenvalue weighted by Gasteiger charge is 2.51. The molecular weight excluding hydrogens is 284 g/mol. The summed E-state index contributed by atoms with van der Waals surface area (Å²) in [6.45, 7) is 7.14. The number of rotatable bonds is 6. The maximum atomic E-state index is 12.9. The molecule has 0 aromatic rings. The van der Waals surface area contributed by atoms with Crippen molar-refractivity contribution in [2.75, 3.05) is 12.8 Å². The van der Waals surface area contributed by atoms with Crippen LogP contribution in [0.5, 0.6) is 0 Å². The molecule has 1 saturated heterocycles. The van der Waals surface area contributed by atoms with Crippen LogP contribution in [0.15, 0.2) is 0 Å². The van der Waals surface area contributed by atoms with Crippen molar-refractivity contribution in [2.45, 2.75) is 76.3 Å². The van der Waals surface area contributed by atoms with Crippen LogP contribution >= 0.6 is 0 Å². The van der Waals surface area contributed by atoms with Gasteiger partial charge in [0.15, 0.2) is 0 Å². The van der Waals surface area contributed by atoms with Gasteiger partial charge in [-0.25, -0.2) is 0 Å². The number of nitrogens with one attached hydrogen (secondary N) is 1. The molecule has 1 heterocycles. The van der Waals surface area contributed by atoms with Gasteiger partial charge in [0.2, 0.25) is 5.91 Å². The van der Waals surface area contributed by atoms with Crippen molar-refractivity contribution < 1.29 is 9.00 Å². The molecule has 1 amide bonds. The molecule has 21 heavy (non-hydrogen) atoms. The third-order valence-electron chi connectivity index (χ3n) is 4.98. The molecule has 2 rings (SSSR count). The highest BCUT2D eigenvalue weighted by molar-refractivity contribution is 7.84.